The lowest BCUT2D eigenvalue weighted by atomic mass is 10.0. The van der Waals surface area contributed by atoms with Gasteiger partial charge in [0.15, 0.2) is 0 Å². The number of anilines is 1. The molecule has 3 rings (SSSR count). The van der Waals surface area contributed by atoms with Gasteiger partial charge in [0.2, 0.25) is 10.0 Å². The van der Waals surface area contributed by atoms with E-state index >= 15 is 0 Å². The van der Waals surface area contributed by atoms with Crippen LogP contribution in [0, 0.1) is 0 Å². The van der Waals surface area contributed by atoms with Gasteiger partial charge in [0.1, 0.15) is 0 Å². The zero-order valence-corrected chi connectivity index (χ0v) is 13.7. The molecule has 0 atom stereocenters. The van der Waals surface area contributed by atoms with Crippen LogP contribution in [0.2, 0.25) is 5.02 Å². The number of halogens is 1. The molecule has 0 unspecified atom stereocenters. The van der Waals surface area contributed by atoms with Crippen molar-refractivity contribution >= 4 is 44.9 Å². The summed E-state index contributed by atoms with van der Waals surface area (Å²) in [7, 11) is -2.18. The topological polar surface area (TPSA) is 75.3 Å². The Labute approximate surface area is 139 Å². The van der Waals surface area contributed by atoms with Gasteiger partial charge in [-0.3, -0.25) is 4.79 Å². The number of benzene rings is 2. The summed E-state index contributed by atoms with van der Waals surface area (Å²) < 4.78 is 26.0. The van der Waals surface area contributed by atoms with Gasteiger partial charge in [-0.2, -0.15) is 0 Å². The van der Waals surface area contributed by atoms with E-state index < -0.39 is 10.0 Å². The third-order valence-electron chi connectivity index (χ3n) is 3.51. The monoisotopic (exact) mass is 348 g/mol. The van der Waals surface area contributed by atoms with E-state index in [0.29, 0.717) is 21.8 Å². The first-order valence-corrected chi connectivity index (χ1v) is 8.63. The second-order valence-corrected chi connectivity index (χ2v) is 7.31. The second kappa shape index (κ2) is 5.81. The van der Waals surface area contributed by atoms with Crippen LogP contribution < -0.4 is 10.0 Å². The van der Waals surface area contributed by atoms with Gasteiger partial charge in [0.05, 0.1) is 10.6 Å². The van der Waals surface area contributed by atoms with Crippen molar-refractivity contribution in [3.8, 4) is 0 Å². The van der Waals surface area contributed by atoms with Gasteiger partial charge in [-0.25, -0.2) is 13.1 Å². The predicted molar refractivity (Wildman–Crippen MR) is 90.6 cm³/mol. The fraction of sp³-hybridized carbons (Fsp3) is 0.0625. The number of nitrogens with one attached hydrogen (secondary N) is 2. The first-order valence-electron chi connectivity index (χ1n) is 6.77. The molecule has 5 nitrogen and oxygen atoms in total. The molecule has 0 radical (unpaired) electrons. The highest BCUT2D eigenvalue weighted by molar-refractivity contribution is 7.89. The van der Waals surface area contributed by atoms with Gasteiger partial charge in [0.25, 0.3) is 5.91 Å². The van der Waals surface area contributed by atoms with Gasteiger partial charge in [-0.1, -0.05) is 29.8 Å². The Morgan fingerprint density at radius 1 is 1.17 bits per heavy atom. The molecule has 1 heterocycles. The van der Waals surface area contributed by atoms with Crippen LogP contribution in [0.4, 0.5) is 5.69 Å². The van der Waals surface area contributed by atoms with E-state index in [1.165, 1.54) is 19.2 Å². The number of amides is 1. The molecule has 0 fully saturated rings. The maximum absolute atomic E-state index is 12.1. The van der Waals surface area contributed by atoms with Crippen LogP contribution in [0.25, 0.3) is 11.6 Å². The molecule has 1 aliphatic heterocycles. The number of carbonyl (C=O) groups is 1. The van der Waals surface area contributed by atoms with Gasteiger partial charge in [0, 0.05) is 16.2 Å². The zero-order valence-electron chi connectivity index (χ0n) is 12.1. The summed E-state index contributed by atoms with van der Waals surface area (Å²) in [5.74, 6) is -0.246. The standard InChI is InChI=1S/C16H13ClN2O3S/c1-18-23(21,22)12-4-2-3-10(7-12)8-14-13-6-5-11(17)9-15(13)19-16(14)20/h2-9,18H,1H3,(H,19,20). The van der Waals surface area contributed by atoms with Crippen molar-refractivity contribution in [2.24, 2.45) is 0 Å². The molecular weight excluding hydrogens is 336 g/mol. The number of fused-ring (bicyclic) bond motifs is 1. The number of hydrogen-bond acceptors (Lipinski definition) is 3. The Hall–Kier alpha value is -2.15. The lowest BCUT2D eigenvalue weighted by Crippen LogP contribution is -2.18. The van der Waals surface area contributed by atoms with Gasteiger partial charge in [-0.05, 0) is 43.0 Å². The van der Waals surface area contributed by atoms with E-state index in [9.17, 15) is 13.2 Å². The zero-order chi connectivity index (χ0) is 16.6. The molecule has 118 valence electrons. The van der Waals surface area contributed by atoms with Crippen LogP contribution in [0.1, 0.15) is 11.1 Å². The highest BCUT2D eigenvalue weighted by atomic mass is 35.5. The molecule has 2 N–H and O–H groups in total. The Kier molecular flexibility index (Phi) is 3.97. The summed E-state index contributed by atoms with van der Waals surface area (Å²) in [6, 6.07) is 11.5. The lowest BCUT2D eigenvalue weighted by Gasteiger charge is -2.04. The van der Waals surface area contributed by atoms with Crippen molar-refractivity contribution in [1.82, 2.24) is 4.72 Å². The molecule has 2 aromatic carbocycles. The minimum absolute atomic E-state index is 0.143. The first kappa shape index (κ1) is 15.7. The highest BCUT2D eigenvalue weighted by Gasteiger charge is 2.24. The van der Waals surface area contributed by atoms with Crippen molar-refractivity contribution in [3.63, 3.8) is 0 Å². The Morgan fingerprint density at radius 3 is 2.70 bits per heavy atom. The number of hydrogen-bond donors (Lipinski definition) is 2. The summed E-state index contributed by atoms with van der Waals surface area (Å²) in [6.07, 6.45) is 1.66. The third kappa shape index (κ3) is 3.01. The Balaban J connectivity index is 2.07. The fourth-order valence-electron chi connectivity index (χ4n) is 2.37. The van der Waals surface area contributed by atoms with Crippen LogP contribution in [0.15, 0.2) is 47.4 Å². The minimum Gasteiger partial charge on any atom is -0.321 e. The number of carbonyl (C=O) groups excluding carboxylic acids is 1. The smallest absolute Gasteiger partial charge is 0.256 e. The van der Waals surface area contributed by atoms with Crippen molar-refractivity contribution in [2.45, 2.75) is 4.90 Å². The second-order valence-electron chi connectivity index (χ2n) is 4.98. The van der Waals surface area contributed by atoms with Crippen molar-refractivity contribution in [3.05, 3.63) is 58.6 Å². The summed E-state index contributed by atoms with van der Waals surface area (Å²) >= 11 is 5.92. The molecule has 1 amide bonds. The summed E-state index contributed by atoms with van der Waals surface area (Å²) in [5.41, 5.74) is 2.47. The van der Waals surface area contributed by atoms with E-state index in [4.69, 9.17) is 11.6 Å². The van der Waals surface area contributed by atoms with Gasteiger partial charge in [-0.15, -0.1) is 0 Å². The minimum atomic E-state index is -3.53. The van der Waals surface area contributed by atoms with E-state index in [2.05, 4.69) is 10.0 Å². The molecule has 23 heavy (non-hydrogen) atoms. The SMILES string of the molecule is CNS(=O)(=O)c1cccc(C=C2C(=O)Nc3cc(Cl)ccc32)c1. The maximum Gasteiger partial charge on any atom is 0.256 e. The number of sulfonamides is 1. The normalized spacial score (nSPS) is 15.6. The molecule has 0 saturated heterocycles. The molecule has 0 saturated carbocycles. The number of rotatable bonds is 3. The average molecular weight is 349 g/mol. The summed E-state index contributed by atoms with van der Waals surface area (Å²) in [6.45, 7) is 0. The predicted octanol–water partition coefficient (Wildman–Crippen LogP) is 2.74. The van der Waals surface area contributed by atoms with Crippen LogP contribution in [-0.2, 0) is 14.8 Å². The van der Waals surface area contributed by atoms with Crippen molar-refractivity contribution < 1.29 is 13.2 Å². The van der Waals surface area contributed by atoms with Crippen LogP contribution in [0.3, 0.4) is 0 Å². The quantitative estimate of drug-likeness (QED) is 0.837. The largest absolute Gasteiger partial charge is 0.321 e. The summed E-state index contributed by atoms with van der Waals surface area (Å²) in [4.78, 5) is 12.3. The Bertz CT molecular complexity index is 936. The third-order valence-corrected chi connectivity index (χ3v) is 5.16. The van der Waals surface area contributed by atoms with Crippen molar-refractivity contribution in [2.75, 3.05) is 12.4 Å². The first-order chi connectivity index (χ1) is 10.9. The van der Waals surface area contributed by atoms with E-state index in [1.54, 1.807) is 36.4 Å². The molecule has 0 aliphatic carbocycles. The Morgan fingerprint density at radius 2 is 1.96 bits per heavy atom. The van der Waals surface area contributed by atoms with E-state index in [0.717, 1.165) is 5.56 Å². The van der Waals surface area contributed by atoms with Crippen LogP contribution in [0.5, 0.6) is 0 Å². The van der Waals surface area contributed by atoms with Gasteiger partial charge < -0.3 is 5.32 Å². The highest BCUT2D eigenvalue weighted by Crippen LogP contribution is 2.35. The maximum atomic E-state index is 12.1. The van der Waals surface area contributed by atoms with E-state index in [-0.39, 0.29) is 10.8 Å². The van der Waals surface area contributed by atoms with Crippen molar-refractivity contribution in [1.29, 1.82) is 0 Å². The molecule has 0 bridgehead atoms. The molecule has 2 aromatic rings. The molecule has 7 heteroatoms. The molecule has 0 aromatic heterocycles. The molecule has 1 aliphatic rings. The van der Waals surface area contributed by atoms with Crippen LogP contribution >= 0.6 is 11.6 Å². The lowest BCUT2D eigenvalue weighted by molar-refractivity contribution is -0.110. The fourth-order valence-corrected chi connectivity index (χ4v) is 3.32. The van der Waals surface area contributed by atoms with Crippen LogP contribution in [-0.4, -0.2) is 21.4 Å². The summed E-state index contributed by atoms with van der Waals surface area (Å²) in [5, 5.41) is 3.28. The van der Waals surface area contributed by atoms with Gasteiger partial charge >= 0.3 is 0 Å². The molecular formula is C16H13ClN2O3S. The molecule has 0 spiro atoms. The average Bonchev–Trinajstić information content (AvgIpc) is 2.82. The van der Waals surface area contributed by atoms with E-state index in [1.807, 2.05) is 0 Å².